The molecule has 0 unspecified atom stereocenters. The number of aliphatic carboxylic acids is 1. The van der Waals surface area contributed by atoms with Gasteiger partial charge in [0.1, 0.15) is 0 Å². The van der Waals surface area contributed by atoms with Gasteiger partial charge in [0.25, 0.3) is 11.5 Å². The van der Waals surface area contributed by atoms with Gasteiger partial charge in [-0.05, 0) is 31.4 Å². The van der Waals surface area contributed by atoms with Gasteiger partial charge in [-0.3, -0.25) is 14.4 Å². The van der Waals surface area contributed by atoms with Gasteiger partial charge in [-0.15, -0.1) is 0 Å². The van der Waals surface area contributed by atoms with E-state index in [0.717, 1.165) is 12.8 Å². The number of amides is 1. The van der Waals surface area contributed by atoms with E-state index in [1.54, 1.807) is 12.3 Å². The maximum atomic E-state index is 12.2. The first kappa shape index (κ1) is 18.7. The van der Waals surface area contributed by atoms with Crippen LogP contribution in [0, 0.1) is 0 Å². The van der Waals surface area contributed by atoms with Crippen LogP contribution in [0.2, 0.25) is 0 Å². The van der Waals surface area contributed by atoms with Crippen molar-refractivity contribution in [2.24, 2.45) is 0 Å². The molecule has 0 bridgehead atoms. The van der Waals surface area contributed by atoms with Crippen LogP contribution in [0.15, 0.2) is 23.1 Å². The monoisotopic (exact) mass is 324 g/mol. The molecule has 0 fully saturated rings. The molecule has 7 nitrogen and oxygen atoms in total. The molecule has 23 heavy (non-hydrogen) atoms. The van der Waals surface area contributed by atoms with Crippen LogP contribution in [0.1, 0.15) is 39.0 Å². The van der Waals surface area contributed by atoms with Gasteiger partial charge in [0, 0.05) is 25.7 Å². The Hall–Kier alpha value is -2.31. The van der Waals surface area contributed by atoms with Crippen molar-refractivity contribution >= 4 is 11.9 Å². The molecular weight excluding hydrogens is 300 g/mol. The minimum atomic E-state index is -0.844. The minimum absolute atomic E-state index is 0.0862. The smallest absolute Gasteiger partial charge is 0.303 e. The Bertz CT molecular complexity index is 568. The summed E-state index contributed by atoms with van der Waals surface area (Å²) in [6.45, 7) is 2.86. The first-order valence-electron chi connectivity index (χ1n) is 7.85. The first-order chi connectivity index (χ1) is 11.0. The van der Waals surface area contributed by atoms with Gasteiger partial charge in [0.2, 0.25) is 0 Å². The summed E-state index contributed by atoms with van der Waals surface area (Å²) in [5.74, 6) is -0.977. The number of carboxylic acids is 1. The molecule has 7 heteroatoms. The highest BCUT2D eigenvalue weighted by Gasteiger charge is 2.07. The Morgan fingerprint density at radius 3 is 2.78 bits per heavy atom. The van der Waals surface area contributed by atoms with E-state index in [9.17, 15) is 14.4 Å². The number of aromatic nitrogens is 1. The number of nitrogens with zero attached hydrogens (tertiary/aromatic N) is 1. The van der Waals surface area contributed by atoms with Crippen molar-refractivity contribution in [3.05, 3.63) is 28.7 Å². The summed E-state index contributed by atoms with van der Waals surface area (Å²) in [7, 11) is 0. The molecule has 128 valence electrons. The molecule has 0 atom stereocenters. The van der Waals surface area contributed by atoms with Crippen LogP contribution in [0.3, 0.4) is 0 Å². The molecular formula is C16H24N2O5. The molecule has 0 aromatic carbocycles. The number of hydrogen-bond donors (Lipinski definition) is 2. The number of hydrogen-bond acceptors (Lipinski definition) is 4. The molecule has 1 amide bonds. The molecule has 0 aliphatic rings. The second-order valence-electron chi connectivity index (χ2n) is 5.21. The predicted octanol–water partition coefficient (Wildman–Crippen LogP) is 1.40. The van der Waals surface area contributed by atoms with Crippen molar-refractivity contribution in [1.82, 2.24) is 9.88 Å². The molecule has 0 saturated carbocycles. The van der Waals surface area contributed by atoms with Crippen molar-refractivity contribution in [2.75, 3.05) is 13.2 Å². The van der Waals surface area contributed by atoms with E-state index in [4.69, 9.17) is 9.84 Å². The van der Waals surface area contributed by atoms with E-state index >= 15 is 0 Å². The van der Waals surface area contributed by atoms with Gasteiger partial charge < -0.3 is 19.7 Å². The zero-order valence-electron chi connectivity index (χ0n) is 13.4. The standard InChI is InChI=1S/C16H24N2O5/c1-2-3-9-17-14(19)12-23-13-7-6-11-18(16(13)22)10-5-4-8-15(20)21/h6-7,11H,2-5,8-10,12H2,1H3,(H,17,19)(H,20,21). The molecule has 2 N–H and O–H groups in total. The Kier molecular flexibility index (Phi) is 8.49. The normalized spacial score (nSPS) is 10.3. The second kappa shape index (κ2) is 10.4. The molecule has 1 aromatic heterocycles. The fraction of sp³-hybridized carbons (Fsp3) is 0.562. The highest BCUT2D eigenvalue weighted by molar-refractivity contribution is 5.77. The molecule has 0 aliphatic carbocycles. The number of rotatable bonds is 11. The molecule has 1 aromatic rings. The summed E-state index contributed by atoms with van der Waals surface area (Å²) in [6, 6.07) is 3.19. The maximum absolute atomic E-state index is 12.2. The highest BCUT2D eigenvalue weighted by Crippen LogP contribution is 2.04. The third kappa shape index (κ3) is 7.49. The van der Waals surface area contributed by atoms with Crippen LogP contribution in [0.4, 0.5) is 0 Å². The Morgan fingerprint density at radius 1 is 1.30 bits per heavy atom. The van der Waals surface area contributed by atoms with E-state index in [2.05, 4.69) is 5.32 Å². The zero-order chi connectivity index (χ0) is 17.1. The number of carbonyl (C=O) groups excluding carboxylic acids is 1. The van der Waals surface area contributed by atoms with Crippen molar-refractivity contribution < 1.29 is 19.4 Å². The van der Waals surface area contributed by atoms with Crippen LogP contribution < -0.4 is 15.6 Å². The molecule has 0 aliphatic heterocycles. The quantitative estimate of drug-likeness (QED) is 0.600. The Morgan fingerprint density at radius 2 is 2.09 bits per heavy atom. The lowest BCUT2D eigenvalue weighted by Gasteiger charge is -2.09. The summed E-state index contributed by atoms with van der Waals surface area (Å²) in [5.41, 5.74) is -0.316. The molecule has 1 rings (SSSR count). The van der Waals surface area contributed by atoms with E-state index in [1.165, 1.54) is 10.6 Å². The van der Waals surface area contributed by atoms with E-state index < -0.39 is 5.97 Å². The Labute approximate surface area is 135 Å². The number of carboxylic acid groups (broad SMARTS) is 1. The summed E-state index contributed by atoms with van der Waals surface area (Å²) >= 11 is 0. The number of pyridine rings is 1. The van der Waals surface area contributed by atoms with Crippen LogP contribution in [0.25, 0.3) is 0 Å². The Balaban J connectivity index is 2.47. The van der Waals surface area contributed by atoms with Gasteiger partial charge in [-0.2, -0.15) is 0 Å². The molecule has 0 radical (unpaired) electrons. The van der Waals surface area contributed by atoms with Gasteiger partial charge in [0.05, 0.1) is 0 Å². The van der Waals surface area contributed by atoms with E-state index in [0.29, 0.717) is 25.9 Å². The number of ether oxygens (including phenoxy) is 1. The van der Waals surface area contributed by atoms with Crippen molar-refractivity contribution in [2.45, 2.75) is 45.6 Å². The van der Waals surface area contributed by atoms with Crippen molar-refractivity contribution in [1.29, 1.82) is 0 Å². The largest absolute Gasteiger partial charge is 0.481 e. The summed E-state index contributed by atoms with van der Waals surface area (Å²) in [6.07, 6.45) is 4.70. The lowest BCUT2D eigenvalue weighted by molar-refractivity contribution is -0.137. The summed E-state index contributed by atoms with van der Waals surface area (Å²) < 4.78 is 6.74. The predicted molar refractivity (Wildman–Crippen MR) is 85.6 cm³/mol. The number of carbonyl (C=O) groups is 2. The average molecular weight is 324 g/mol. The van der Waals surface area contributed by atoms with Gasteiger partial charge in [0.15, 0.2) is 12.4 Å². The highest BCUT2D eigenvalue weighted by atomic mass is 16.5. The van der Waals surface area contributed by atoms with Crippen LogP contribution in [-0.4, -0.2) is 34.7 Å². The maximum Gasteiger partial charge on any atom is 0.303 e. The van der Waals surface area contributed by atoms with Gasteiger partial charge >= 0.3 is 5.97 Å². The SMILES string of the molecule is CCCCNC(=O)COc1cccn(CCCCC(=O)O)c1=O. The minimum Gasteiger partial charge on any atom is -0.481 e. The van der Waals surface area contributed by atoms with Gasteiger partial charge in [-0.1, -0.05) is 13.3 Å². The topological polar surface area (TPSA) is 97.6 Å². The third-order valence-corrected chi connectivity index (χ3v) is 3.24. The van der Waals surface area contributed by atoms with Crippen molar-refractivity contribution in [3.8, 4) is 5.75 Å². The lowest BCUT2D eigenvalue weighted by atomic mass is 10.2. The number of aryl methyl sites for hydroxylation is 1. The van der Waals surface area contributed by atoms with E-state index in [1.807, 2.05) is 6.92 Å². The van der Waals surface area contributed by atoms with Crippen LogP contribution in [-0.2, 0) is 16.1 Å². The molecule has 0 saturated heterocycles. The third-order valence-electron chi connectivity index (χ3n) is 3.24. The molecule has 0 spiro atoms. The summed E-state index contributed by atoms with van der Waals surface area (Å²) in [4.78, 5) is 34.2. The first-order valence-corrected chi connectivity index (χ1v) is 7.85. The second-order valence-corrected chi connectivity index (χ2v) is 5.21. The van der Waals surface area contributed by atoms with E-state index in [-0.39, 0.29) is 30.2 Å². The lowest BCUT2D eigenvalue weighted by Crippen LogP contribution is -2.31. The molecule has 1 heterocycles. The van der Waals surface area contributed by atoms with Gasteiger partial charge in [-0.25, -0.2) is 0 Å². The fourth-order valence-corrected chi connectivity index (χ4v) is 1.96. The number of unbranched alkanes of at least 4 members (excludes halogenated alkanes) is 2. The fourth-order valence-electron chi connectivity index (χ4n) is 1.96. The van der Waals surface area contributed by atoms with Crippen LogP contribution >= 0.6 is 0 Å². The van der Waals surface area contributed by atoms with Crippen molar-refractivity contribution in [3.63, 3.8) is 0 Å². The average Bonchev–Trinajstić information content (AvgIpc) is 2.52. The number of nitrogens with one attached hydrogen (secondary N) is 1. The zero-order valence-corrected chi connectivity index (χ0v) is 13.4. The summed E-state index contributed by atoms with van der Waals surface area (Å²) in [5, 5.41) is 11.3. The van der Waals surface area contributed by atoms with Crippen LogP contribution in [0.5, 0.6) is 5.75 Å².